The topological polar surface area (TPSA) is 84.9 Å². The van der Waals surface area contributed by atoms with Gasteiger partial charge in [0.2, 0.25) is 0 Å². The number of hydrogen-bond donors (Lipinski definition) is 3. The van der Waals surface area contributed by atoms with Crippen LogP contribution in [0.3, 0.4) is 0 Å². The Bertz CT molecular complexity index is 73.0. The van der Waals surface area contributed by atoms with E-state index in [1.807, 2.05) is 0 Å². The van der Waals surface area contributed by atoms with Crippen molar-refractivity contribution in [2.75, 3.05) is 33.0 Å². The van der Waals surface area contributed by atoms with E-state index in [1.54, 1.807) is 0 Å². The van der Waals surface area contributed by atoms with Crippen molar-refractivity contribution in [2.45, 2.75) is 6.29 Å². The highest BCUT2D eigenvalue weighted by Crippen LogP contribution is 1.91. The Morgan fingerprint density at radius 2 is 1.82 bits per heavy atom. The Kier molecular flexibility index (Phi) is 7.76. The number of nitrogens with two attached hydrogens (primary N) is 1. The molecule has 0 rings (SSSR count). The SMILES string of the molecule is NCCO[C@@H](CO)OCCO. The molecular weight excluding hydrogens is 150 g/mol. The van der Waals surface area contributed by atoms with Crippen LogP contribution in [0, 0.1) is 0 Å². The summed E-state index contributed by atoms with van der Waals surface area (Å²) >= 11 is 0. The molecule has 0 aliphatic carbocycles. The van der Waals surface area contributed by atoms with Gasteiger partial charge in [-0.2, -0.15) is 0 Å². The van der Waals surface area contributed by atoms with E-state index < -0.39 is 6.29 Å². The maximum Gasteiger partial charge on any atom is 0.180 e. The normalized spacial score (nSPS) is 13.4. The number of aliphatic hydroxyl groups excluding tert-OH is 2. The lowest BCUT2D eigenvalue weighted by Crippen LogP contribution is -2.25. The fourth-order valence-corrected chi connectivity index (χ4v) is 0.537. The molecule has 68 valence electrons. The first-order valence-corrected chi connectivity index (χ1v) is 3.50. The van der Waals surface area contributed by atoms with Crippen LogP contribution in [0.1, 0.15) is 0 Å². The summed E-state index contributed by atoms with van der Waals surface area (Å²) in [5, 5.41) is 17.0. The van der Waals surface area contributed by atoms with Crippen molar-refractivity contribution in [3.8, 4) is 0 Å². The van der Waals surface area contributed by atoms with Gasteiger partial charge in [-0.05, 0) is 0 Å². The molecule has 5 heteroatoms. The molecule has 5 nitrogen and oxygen atoms in total. The molecule has 0 aliphatic heterocycles. The van der Waals surface area contributed by atoms with Crippen molar-refractivity contribution in [3.05, 3.63) is 0 Å². The molecule has 0 saturated carbocycles. The zero-order chi connectivity index (χ0) is 8.53. The molecule has 0 fully saturated rings. The predicted octanol–water partition coefficient (Wildman–Crippen LogP) is -1.71. The average Bonchev–Trinajstić information content (AvgIpc) is 2.05. The summed E-state index contributed by atoms with van der Waals surface area (Å²) in [4.78, 5) is 0. The molecule has 0 aliphatic rings. The van der Waals surface area contributed by atoms with Crippen LogP contribution < -0.4 is 5.73 Å². The largest absolute Gasteiger partial charge is 0.394 e. The van der Waals surface area contributed by atoms with Crippen LogP contribution in [0.5, 0.6) is 0 Å². The standard InChI is InChI=1S/C6H15NO4/c7-1-3-10-6(5-9)11-4-2-8/h6,8-9H,1-5,7H2/t6-/m1/s1. The van der Waals surface area contributed by atoms with Crippen molar-refractivity contribution < 1.29 is 19.7 Å². The third-order valence-electron chi connectivity index (χ3n) is 0.966. The van der Waals surface area contributed by atoms with Crippen molar-refractivity contribution in [3.63, 3.8) is 0 Å². The first kappa shape index (κ1) is 10.8. The summed E-state index contributed by atoms with van der Waals surface area (Å²) in [7, 11) is 0. The molecule has 0 saturated heterocycles. The van der Waals surface area contributed by atoms with Gasteiger partial charge in [0.1, 0.15) is 0 Å². The third kappa shape index (κ3) is 6.21. The van der Waals surface area contributed by atoms with Gasteiger partial charge in [-0.3, -0.25) is 0 Å². The van der Waals surface area contributed by atoms with Crippen LogP contribution >= 0.6 is 0 Å². The Balaban J connectivity index is 3.25. The maximum atomic E-state index is 8.61. The van der Waals surface area contributed by atoms with Gasteiger partial charge in [0.15, 0.2) is 6.29 Å². The first-order chi connectivity index (χ1) is 5.35. The molecule has 0 radical (unpaired) electrons. The van der Waals surface area contributed by atoms with E-state index in [4.69, 9.17) is 25.4 Å². The fraction of sp³-hybridized carbons (Fsp3) is 1.00. The molecule has 0 aromatic rings. The highest BCUT2D eigenvalue weighted by molar-refractivity contribution is 4.40. The molecule has 4 N–H and O–H groups in total. The monoisotopic (exact) mass is 165 g/mol. The van der Waals surface area contributed by atoms with E-state index in [2.05, 4.69) is 0 Å². The number of rotatable bonds is 7. The van der Waals surface area contributed by atoms with E-state index in [0.29, 0.717) is 13.2 Å². The zero-order valence-electron chi connectivity index (χ0n) is 6.40. The quantitative estimate of drug-likeness (QED) is 0.391. The van der Waals surface area contributed by atoms with E-state index in [0.717, 1.165) is 0 Å². The smallest absolute Gasteiger partial charge is 0.180 e. The van der Waals surface area contributed by atoms with Crippen molar-refractivity contribution in [1.82, 2.24) is 0 Å². The highest BCUT2D eigenvalue weighted by atomic mass is 16.7. The molecule has 0 heterocycles. The molecule has 0 unspecified atom stereocenters. The fourth-order valence-electron chi connectivity index (χ4n) is 0.537. The molecule has 0 aromatic carbocycles. The van der Waals surface area contributed by atoms with Gasteiger partial charge >= 0.3 is 0 Å². The molecule has 0 bridgehead atoms. The minimum atomic E-state index is -0.661. The third-order valence-corrected chi connectivity index (χ3v) is 0.966. The van der Waals surface area contributed by atoms with Gasteiger partial charge in [0.25, 0.3) is 0 Å². The summed E-state index contributed by atoms with van der Waals surface area (Å²) in [6.45, 7) is 0.591. The first-order valence-electron chi connectivity index (χ1n) is 3.50. The Morgan fingerprint density at radius 1 is 1.18 bits per heavy atom. The van der Waals surface area contributed by atoms with Gasteiger partial charge in [-0.25, -0.2) is 0 Å². The number of aliphatic hydroxyl groups is 2. The lowest BCUT2D eigenvalue weighted by atomic mass is 10.6. The van der Waals surface area contributed by atoms with E-state index in [1.165, 1.54) is 0 Å². The average molecular weight is 165 g/mol. The van der Waals surface area contributed by atoms with Crippen LogP contribution in [0.25, 0.3) is 0 Å². The summed E-state index contributed by atoms with van der Waals surface area (Å²) < 4.78 is 9.80. The summed E-state index contributed by atoms with van der Waals surface area (Å²) in [5.74, 6) is 0. The molecule has 0 amide bonds. The Labute approximate surface area is 65.7 Å². The van der Waals surface area contributed by atoms with Crippen LogP contribution in [-0.4, -0.2) is 49.5 Å². The second-order valence-corrected chi connectivity index (χ2v) is 1.87. The molecule has 1 atom stereocenters. The molecular formula is C6H15NO4. The summed E-state index contributed by atoms with van der Waals surface area (Å²) in [6.07, 6.45) is -0.661. The van der Waals surface area contributed by atoms with Crippen LogP contribution in [0.4, 0.5) is 0 Å². The van der Waals surface area contributed by atoms with Crippen LogP contribution in [0.2, 0.25) is 0 Å². The van der Waals surface area contributed by atoms with Crippen molar-refractivity contribution in [1.29, 1.82) is 0 Å². The van der Waals surface area contributed by atoms with E-state index in [-0.39, 0.29) is 19.8 Å². The minimum Gasteiger partial charge on any atom is -0.394 e. The van der Waals surface area contributed by atoms with Gasteiger partial charge in [0.05, 0.1) is 26.4 Å². The molecule has 0 aromatic heterocycles. The minimum absolute atomic E-state index is 0.0809. The summed E-state index contributed by atoms with van der Waals surface area (Å²) in [6, 6.07) is 0. The predicted molar refractivity (Wildman–Crippen MR) is 38.9 cm³/mol. The van der Waals surface area contributed by atoms with Gasteiger partial charge in [-0.15, -0.1) is 0 Å². The van der Waals surface area contributed by atoms with Gasteiger partial charge in [0, 0.05) is 6.54 Å². The Hall–Kier alpha value is -0.200. The number of ether oxygens (including phenoxy) is 2. The second-order valence-electron chi connectivity index (χ2n) is 1.87. The van der Waals surface area contributed by atoms with Gasteiger partial charge < -0.3 is 25.4 Å². The maximum absolute atomic E-state index is 8.61. The van der Waals surface area contributed by atoms with E-state index in [9.17, 15) is 0 Å². The van der Waals surface area contributed by atoms with Gasteiger partial charge in [-0.1, -0.05) is 0 Å². The second kappa shape index (κ2) is 7.90. The van der Waals surface area contributed by atoms with Crippen LogP contribution in [0.15, 0.2) is 0 Å². The Morgan fingerprint density at radius 3 is 2.27 bits per heavy atom. The van der Waals surface area contributed by atoms with E-state index >= 15 is 0 Å². The number of hydrogen-bond acceptors (Lipinski definition) is 5. The molecule has 0 spiro atoms. The molecule has 11 heavy (non-hydrogen) atoms. The highest BCUT2D eigenvalue weighted by Gasteiger charge is 2.05. The van der Waals surface area contributed by atoms with Crippen LogP contribution in [-0.2, 0) is 9.47 Å². The van der Waals surface area contributed by atoms with Crippen molar-refractivity contribution in [2.24, 2.45) is 5.73 Å². The summed E-state index contributed by atoms with van der Waals surface area (Å²) in [5.41, 5.74) is 5.15. The lowest BCUT2D eigenvalue weighted by molar-refractivity contribution is -0.165. The lowest BCUT2D eigenvalue weighted by Gasteiger charge is -2.14. The van der Waals surface area contributed by atoms with Crippen molar-refractivity contribution >= 4 is 0 Å². The zero-order valence-corrected chi connectivity index (χ0v) is 6.40.